The van der Waals surface area contributed by atoms with E-state index in [1.54, 1.807) is 6.33 Å². The second-order valence-corrected chi connectivity index (χ2v) is 8.42. The van der Waals surface area contributed by atoms with Gasteiger partial charge < -0.3 is 18.9 Å². The van der Waals surface area contributed by atoms with Crippen LogP contribution >= 0.6 is 0 Å². The molecule has 0 aliphatic carbocycles. The predicted molar refractivity (Wildman–Crippen MR) is 121 cm³/mol. The third-order valence-corrected chi connectivity index (χ3v) is 6.42. The van der Waals surface area contributed by atoms with Crippen LogP contribution in [0.2, 0.25) is 0 Å². The van der Waals surface area contributed by atoms with Crippen molar-refractivity contribution >= 4 is 27.8 Å². The van der Waals surface area contributed by atoms with Gasteiger partial charge in [0.1, 0.15) is 17.4 Å². The number of aromatic nitrogens is 3. The summed E-state index contributed by atoms with van der Waals surface area (Å²) in [5, 5.41) is 1.20. The standard InChI is InChI=1S/C24H25N5O2/c1-16-3-5-19-18(11-16)22-23(27(19)2)24(26-14-25-22)29-9-7-28(8-10-29)13-17-4-6-20-21(12-17)31-15-30-20/h3-6,11-12,14H,7-10,13,15H2,1-2H3. The van der Waals surface area contributed by atoms with Crippen molar-refractivity contribution in [3.8, 4) is 11.5 Å². The van der Waals surface area contributed by atoms with Gasteiger partial charge >= 0.3 is 0 Å². The van der Waals surface area contributed by atoms with E-state index in [0.717, 1.165) is 61.1 Å². The Morgan fingerprint density at radius 3 is 2.65 bits per heavy atom. The van der Waals surface area contributed by atoms with E-state index in [0.29, 0.717) is 6.79 Å². The van der Waals surface area contributed by atoms with Gasteiger partial charge in [0.25, 0.3) is 0 Å². The molecule has 4 heterocycles. The highest BCUT2D eigenvalue weighted by molar-refractivity contribution is 6.09. The van der Waals surface area contributed by atoms with Crippen molar-refractivity contribution in [1.29, 1.82) is 0 Å². The fourth-order valence-electron chi connectivity index (χ4n) is 4.77. The van der Waals surface area contributed by atoms with Crippen molar-refractivity contribution < 1.29 is 9.47 Å². The summed E-state index contributed by atoms with van der Waals surface area (Å²) in [6, 6.07) is 12.8. The molecule has 0 spiro atoms. The molecule has 0 N–H and O–H groups in total. The third-order valence-electron chi connectivity index (χ3n) is 6.42. The van der Waals surface area contributed by atoms with E-state index in [4.69, 9.17) is 14.5 Å². The first-order valence-electron chi connectivity index (χ1n) is 10.7. The molecular formula is C24H25N5O2. The molecule has 6 rings (SSSR count). The zero-order valence-electron chi connectivity index (χ0n) is 17.8. The third kappa shape index (κ3) is 3.08. The van der Waals surface area contributed by atoms with Crippen LogP contribution in [0.1, 0.15) is 11.1 Å². The van der Waals surface area contributed by atoms with Crippen molar-refractivity contribution in [2.75, 3.05) is 37.9 Å². The van der Waals surface area contributed by atoms with E-state index in [1.807, 2.05) is 6.07 Å². The van der Waals surface area contributed by atoms with Crippen LogP contribution in [0.4, 0.5) is 5.82 Å². The maximum atomic E-state index is 5.52. The molecule has 0 amide bonds. The van der Waals surface area contributed by atoms with E-state index < -0.39 is 0 Å². The Morgan fingerprint density at radius 1 is 0.935 bits per heavy atom. The van der Waals surface area contributed by atoms with Gasteiger partial charge in [0.15, 0.2) is 17.3 Å². The average Bonchev–Trinajstić information content (AvgIpc) is 3.37. The van der Waals surface area contributed by atoms with Crippen LogP contribution in [0, 0.1) is 6.92 Å². The smallest absolute Gasteiger partial charge is 0.231 e. The molecule has 2 aliphatic heterocycles. The average molecular weight is 415 g/mol. The molecule has 0 saturated carbocycles. The lowest BCUT2D eigenvalue weighted by atomic mass is 10.1. The number of fused-ring (bicyclic) bond motifs is 4. The van der Waals surface area contributed by atoms with Crippen molar-refractivity contribution in [2.24, 2.45) is 7.05 Å². The number of anilines is 1. The van der Waals surface area contributed by atoms with Gasteiger partial charge in [-0.25, -0.2) is 9.97 Å². The molecule has 0 unspecified atom stereocenters. The molecule has 4 aromatic rings. The fourth-order valence-corrected chi connectivity index (χ4v) is 4.77. The van der Waals surface area contributed by atoms with Crippen molar-refractivity contribution in [2.45, 2.75) is 13.5 Å². The molecule has 0 atom stereocenters. The van der Waals surface area contributed by atoms with Crippen LogP contribution in [-0.2, 0) is 13.6 Å². The molecule has 0 bridgehead atoms. The highest BCUT2D eigenvalue weighted by atomic mass is 16.7. The zero-order valence-corrected chi connectivity index (χ0v) is 17.8. The van der Waals surface area contributed by atoms with E-state index in [-0.39, 0.29) is 0 Å². The monoisotopic (exact) mass is 415 g/mol. The van der Waals surface area contributed by atoms with E-state index in [1.165, 1.54) is 22.0 Å². The summed E-state index contributed by atoms with van der Waals surface area (Å²) < 4.78 is 13.2. The Hall–Kier alpha value is -3.32. The highest BCUT2D eigenvalue weighted by Gasteiger charge is 2.23. The maximum absolute atomic E-state index is 5.52. The Kier molecular flexibility index (Phi) is 4.24. The van der Waals surface area contributed by atoms with Crippen molar-refractivity contribution in [3.63, 3.8) is 0 Å². The summed E-state index contributed by atoms with van der Waals surface area (Å²) in [5.74, 6) is 2.72. The molecule has 0 radical (unpaired) electrons. The minimum absolute atomic E-state index is 0.318. The van der Waals surface area contributed by atoms with E-state index >= 15 is 0 Å². The molecule has 7 heteroatoms. The number of piperazine rings is 1. The molecule has 2 aliphatic rings. The van der Waals surface area contributed by atoms with Crippen LogP contribution in [0.5, 0.6) is 11.5 Å². The quantitative estimate of drug-likeness (QED) is 0.511. The summed E-state index contributed by atoms with van der Waals surface area (Å²) in [4.78, 5) is 14.2. The normalized spacial score (nSPS) is 16.5. The Bertz CT molecular complexity index is 1290. The zero-order chi connectivity index (χ0) is 20.9. The molecule has 158 valence electrons. The van der Waals surface area contributed by atoms with Gasteiger partial charge in [-0.1, -0.05) is 17.7 Å². The van der Waals surface area contributed by atoms with Gasteiger partial charge in [0.2, 0.25) is 6.79 Å². The van der Waals surface area contributed by atoms with E-state index in [9.17, 15) is 0 Å². The Labute approximate surface area is 180 Å². The van der Waals surface area contributed by atoms with Gasteiger partial charge in [0.05, 0.1) is 5.52 Å². The lowest BCUT2D eigenvalue weighted by Crippen LogP contribution is -2.46. The number of nitrogens with zero attached hydrogens (tertiary/aromatic N) is 5. The molecule has 7 nitrogen and oxygen atoms in total. The molecule has 2 aromatic carbocycles. The summed E-state index contributed by atoms with van der Waals surface area (Å²) in [5.41, 5.74) is 5.86. The molecule has 1 fully saturated rings. The number of rotatable bonds is 3. The van der Waals surface area contributed by atoms with Crippen LogP contribution in [-0.4, -0.2) is 52.4 Å². The first kappa shape index (κ1) is 18.4. The second-order valence-electron chi connectivity index (χ2n) is 8.42. The van der Waals surface area contributed by atoms with Crippen LogP contribution in [0.3, 0.4) is 0 Å². The van der Waals surface area contributed by atoms with Gasteiger partial charge in [-0.05, 0) is 36.8 Å². The predicted octanol–water partition coefficient (Wildman–Crippen LogP) is 3.48. The van der Waals surface area contributed by atoms with Gasteiger partial charge in [-0.2, -0.15) is 0 Å². The summed E-state index contributed by atoms with van der Waals surface area (Å²) in [6.45, 7) is 7.22. The second kappa shape index (κ2) is 7.13. The van der Waals surface area contributed by atoms with Crippen molar-refractivity contribution in [3.05, 3.63) is 53.9 Å². The number of aryl methyl sites for hydroxylation is 2. The number of ether oxygens (including phenoxy) is 2. The first-order chi connectivity index (χ1) is 15.2. The van der Waals surface area contributed by atoms with Gasteiger partial charge in [-0.15, -0.1) is 0 Å². The SMILES string of the molecule is Cc1ccc2c(c1)c1ncnc(N3CCN(Cc4ccc5c(c4)OCO5)CC3)c1n2C. The topological polar surface area (TPSA) is 55.7 Å². The van der Waals surface area contributed by atoms with Gasteiger partial charge in [0, 0.05) is 45.2 Å². The Balaban J connectivity index is 1.24. The maximum Gasteiger partial charge on any atom is 0.231 e. The minimum Gasteiger partial charge on any atom is -0.454 e. The fraction of sp³-hybridized carbons (Fsp3) is 0.333. The minimum atomic E-state index is 0.318. The largest absolute Gasteiger partial charge is 0.454 e. The highest BCUT2D eigenvalue weighted by Crippen LogP contribution is 2.34. The first-order valence-corrected chi connectivity index (χ1v) is 10.7. The summed E-state index contributed by atoms with van der Waals surface area (Å²) in [7, 11) is 2.11. The summed E-state index contributed by atoms with van der Waals surface area (Å²) >= 11 is 0. The molecule has 1 saturated heterocycles. The van der Waals surface area contributed by atoms with Gasteiger partial charge in [-0.3, -0.25) is 4.90 Å². The lowest BCUT2D eigenvalue weighted by molar-refractivity contribution is 0.174. The summed E-state index contributed by atoms with van der Waals surface area (Å²) in [6.07, 6.45) is 1.71. The number of hydrogen-bond acceptors (Lipinski definition) is 6. The Morgan fingerprint density at radius 2 is 1.77 bits per heavy atom. The van der Waals surface area contributed by atoms with Crippen LogP contribution < -0.4 is 14.4 Å². The number of benzene rings is 2. The molecular weight excluding hydrogens is 390 g/mol. The lowest BCUT2D eigenvalue weighted by Gasteiger charge is -2.35. The van der Waals surface area contributed by atoms with E-state index in [2.05, 4.69) is 63.7 Å². The van der Waals surface area contributed by atoms with Crippen LogP contribution in [0.15, 0.2) is 42.7 Å². The molecule has 31 heavy (non-hydrogen) atoms. The van der Waals surface area contributed by atoms with Crippen molar-refractivity contribution in [1.82, 2.24) is 19.4 Å². The number of hydrogen-bond donors (Lipinski definition) is 0. The van der Waals surface area contributed by atoms with Crippen LogP contribution in [0.25, 0.3) is 21.9 Å². The molecule has 2 aromatic heterocycles.